The van der Waals surface area contributed by atoms with Gasteiger partial charge in [-0.05, 0) is 42.2 Å². The number of aliphatic hydroxyl groups is 1. The molecule has 5 nitrogen and oxygen atoms in total. The maximum absolute atomic E-state index is 12.7. The number of fused-ring (bicyclic) bond motifs is 1. The van der Waals surface area contributed by atoms with E-state index in [-0.39, 0.29) is 12.5 Å². The lowest BCUT2D eigenvalue weighted by molar-refractivity contribution is -0.132. The molecule has 0 radical (unpaired) electrons. The van der Waals surface area contributed by atoms with Crippen molar-refractivity contribution in [3.05, 3.63) is 64.7 Å². The minimum absolute atomic E-state index is 0.179. The van der Waals surface area contributed by atoms with E-state index in [1.54, 1.807) is 0 Å². The lowest BCUT2D eigenvalue weighted by atomic mass is 10.1. The topological polar surface area (TPSA) is 53.0 Å². The fourth-order valence-corrected chi connectivity index (χ4v) is 4.05. The third kappa shape index (κ3) is 5.30. The maximum atomic E-state index is 12.7. The van der Waals surface area contributed by atoms with Gasteiger partial charge in [0.05, 0.1) is 19.3 Å². The summed E-state index contributed by atoms with van der Waals surface area (Å²) in [6, 6.07) is 16.1. The number of benzene rings is 2. The van der Waals surface area contributed by atoms with Crippen molar-refractivity contribution in [3.63, 3.8) is 0 Å². The van der Waals surface area contributed by atoms with Gasteiger partial charge in [-0.3, -0.25) is 4.79 Å². The molecular formula is C23H27ClN2O3. The second kappa shape index (κ2) is 9.16. The molecule has 1 aliphatic heterocycles. The van der Waals surface area contributed by atoms with E-state index in [1.807, 2.05) is 53.4 Å². The Balaban J connectivity index is 1.42. The highest BCUT2D eigenvalue weighted by Crippen LogP contribution is 2.34. The van der Waals surface area contributed by atoms with Crippen molar-refractivity contribution in [2.75, 3.05) is 24.6 Å². The Kier molecular flexibility index (Phi) is 6.38. The van der Waals surface area contributed by atoms with Gasteiger partial charge >= 0.3 is 0 Å². The number of amides is 1. The van der Waals surface area contributed by atoms with Crippen molar-refractivity contribution in [3.8, 4) is 0 Å². The Hall–Kier alpha value is -2.08. The number of aliphatic hydroxyl groups excluding tert-OH is 1. The summed E-state index contributed by atoms with van der Waals surface area (Å²) >= 11 is 6.24. The number of carbonyl (C=O) groups excluding carboxylic acids is 1. The molecule has 29 heavy (non-hydrogen) atoms. The van der Waals surface area contributed by atoms with E-state index in [2.05, 4.69) is 4.90 Å². The van der Waals surface area contributed by atoms with Crippen LogP contribution in [0, 0.1) is 0 Å². The van der Waals surface area contributed by atoms with Crippen LogP contribution in [0.2, 0.25) is 5.02 Å². The average molecular weight is 415 g/mol. The van der Waals surface area contributed by atoms with Gasteiger partial charge in [0.15, 0.2) is 0 Å². The zero-order valence-corrected chi connectivity index (χ0v) is 17.2. The number of nitrogens with zero attached hydrogens (tertiary/aromatic N) is 2. The summed E-state index contributed by atoms with van der Waals surface area (Å²) in [4.78, 5) is 16.8. The normalized spacial score (nSPS) is 18.2. The maximum Gasteiger partial charge on any atom is 0.224 e. The summed E-state index contributed by atoms with van der Waals surface area (Å²) in [6.07, 6.45) is 1.98. The quantitative estimate of drug-likeness (QED) is 0.751. The first-order valence-corrected chi connectivity index (χ1v) is 10.6. The van der Waals surface area contributed by atoms with Crippen LogP contribution in [0.3, 0.4) is 0 Å². The SMILES string of the molecule is O=C1CCN(CC(O)COCc2ccccc2)c2ccc(Cl)cc2CN1C1CC1. The predicted molar refractivity (Wildman–Crippen MR) is 114 cm³/mol. The molecule has 1 aliphatic carbocycles. The molecule has 2 aromatic carbocycles. The molecule has 2 aliphatic rings. The lowest BCUT2D eigenvalue weighted by Gasteiger charge is -2.34. The number of ether oxygens (including phenoxy) is 1. The van der Waals surface area contributed by atoms with Crippen molar-refractivity contribution in [1.29, 1.82) is 0 Å². The van der Waals surface area contributed by atoms with Crippen molar-refractivity contribution >= 4 is 23.2 Å². The zero-order valence-electron chi connectivity index (χ0n) is 16.5. The van der Waals surface area contributed by atoms with Crippen LogP contribution in [0.5, 0.6) is 0 Å². The van der Waals surface area contributed by atoms with Crippen molar-refractivity contribution in [1.82, 2.24) is 4.90 Å². The van der Waals surface area contributed by atoms with Crippen LogP contribution in [0.15, 0.2) is 48.5 Å². The van der Waals surface area contributed by atoms with E-state index in [4.69, 9.17) is 16.3 Å². The molecule has 2 aromatic rings. The molecular weight excluding hydrogens is 388 g/mol. The Morgan fingerprint density at radius 1 is 1.17 bits per heavy atom. The second-order valence-corrected chi connectivity index (χ2v) is 8.31. The smallest absolute Gasteiger partial charge is 0.224 e. The highest BCUT2D eigenvalue weighted by Gasteiger charge is 2.34. The van der Waals surface area contributed by atoms with Gasteiger partial charge in [0.25, 0.3) is 0 Å². The lowest BCUT2D eigenvalue weighted by Crippen LogP contribution is -2.42. The minimum atomic E-state index is -0.642. The van der Waals surface area contributed by atoms with Gasteiger partial charge in [-0.15, -0.1) is 0 Å². The van der Waals surface area contributed by atoms with Gasteiger partial charge in [0, 0.05) is 42.8 Å². The Labute approximate surface area is 176 Å². The monoisotopic (exact) mass is 414 g/mol. The van der Waals surface area contributed by atoms with E-state index in [1.165, 1.54) is 0 Å². The first kappa shape index (κ1) is 20.2. The number of β-amino-alcohol motifs (C(OH)–C–C–N with tert-alkyl or cyclic N) is 1. The average Bonchev–Trinajstić information content (AvgIpc) is 3.54. The van der Waals surface area contributed by atoms with Crippen LogP contribution in [-0.4, -0.2) is 47.8 Å². The number of rotatable bonds is 7. The zero-order chi connectivity index (χ0) is 20.2. The van der Waals surface area contributed by atoms with Gasteiger partial charge in [0.2, 0.25) is 5.91 Å². The highest BCUT2D eigenvalue weighted by molar-refractivity contribution is 6.30. The molecule has 0 saturated heterocycles. The number of carbonyl (C=O) groups is 1. The van der Waals surface area contributed by atoms with Gasteiger partial charge in [-0.2, -0.15) is 0 Å². The third-order valence-corrected chi connectivity index (χ3v) is 5.71. The molecule has 1 saturated carbocycles. The van der Waals surface area contributed by atoms with Crippen LogP contribution >= 0.6 is 11.6 Å². The molecule has 0 spiro atoms. The van der Waals surface area contributed by atoms with Crippen LogP contribution in [0.4, 0.5) is 5.69 Å². The van der Waals surface area contributed by atoms with E-state index < -0.39 is 6.10 Å². The summed E-state index contributed by atoms with van der Waals surface area (Å²) in [5.74, 6) is 0.179. The minimum Gasteiger partial charge on any atom is -0.389 e. The predicted octanol–water partition coefficient (Wildman–Crippen LogP) is 3.62. The molecule has 0 aromatic heterocycles. The van der Waals surface area contributed by atoms with Crippen molar-refractivity contribution < 1.29 is 14.6 Å². The molecule has 1 heterocycles. The number of hydrogen-bond donors (Lipinski definition) is 1. The summed E-state index contributed by atoms with van der Waals surface area (Å²) in [5.41, 5.74) is 3.15. The molecule has 1 unspecified atom stereocenters. The second-order valence-electron chi connectivity index (χ2n) is 7.88. The van der Waals surface area contributed by atoms with E-state index >= 15 is 0 Å². The summed E-state index contributed by atoms with van der Waals surface area (Å²) < 4.78 is 5.69. The first-order valence-electron chi connectivity index (χ1n) is 10.2. The largest absolute Gasteiger partial charge is 0.389 e. The van der Waals surface area contributed by atoms with Crippen LogP contribution < -0.4 is 4.90 Å². The van der Waals surface area contributed by atoms with Crippen LogP contribution in [0.1, 0.15) is 30.4 Å². The van der Waals surface area contributed by atoms with Gasteiger partial charge in [-0.25, -0.2) is 0 Å². The van der Waals surface area contributed by atoms with E-state index in [0.29, 0.717) is 43.7 Å². The Morgan fingerprint density at radius 2 is 1.97 bits per heavy atom. The molecule has 1 atom stereocenters. The number of hydrogen-bond acceptors (Lipinski definition) is 4. The third-order valence-electron chi connectivity index (χ3n) is 5.48. The van der Waals surface area contributed by atoms with E-state index in [0.717, 1.165) is 29.7 Å². The molecule has 6 heteroatoms. The molecule has 0 bridgehead atoms. The standard InChI is InChI=1S/C23H27ClN2O3/c24-19-6-9-22-18(12-19)13-26(20-7-8-20)23(28)10-11-25(22)14-21(27)16-29-15-17-4-2-1-3-5-17/h1-6,9,12,20-21,27H,7-8,10-11,13-16H2. The van der Waals surface area contributed by atoms with Crippen LogP contribution in [-0.2, 0) is 22.7 Å². The van der Waals surface area contributed by atoms with Gasteiger partial charge in [0.1, 0.15) is 0 Å². The number of halogens is 1. The molecule has 1 fully saturated rings. The Bertz CT molecular complexity index is 841. The number of anilines is 1. The fraction of sp³-hybridized carbons (Fsp3) is 0.435. The summed E-state index contributed by atoms with van der Waals surface area (Å²) in [5, 5.41) is 11.2. The molecule has 4 rings (SSSR count). The summed E-state index contributed by atoms with van der Waals surface area (Å²) in [6.45, 7) is 2.29. The Morgan fingerprint density at radius 3 is 2.72 bits per heavy atom. The summed E-state index contributed by atoms with van der Waals surface area (Å²) in [7, 11) is 0. The fourth-order valence-electron chi connectivity index (χ4n) is 3.86. The first-order chi connectivity index (χ1) is 14.1. The van der Waals surface area contributed by atoms with Crippen LogP contribution in [0.25, 0.3) is 0 Å². The molecule has 154 valence electrons. The van der Waals surface area contributed by atoms with Crippen molar-refractivity contribution in [2.24, 2.45) is 0 Å². The van der Waals surface area contributed by atoms with Gasteiger partial charge in [-0.1, -0.05) is 41.9 Å². The van der Waals surface area contributed by atoms with Gasteiger partial charge < -0.3 is 19.6 Å². The van der Waals surface area contributed by atoms with E-state index in [9.17, 15) is 9.90 Å². The highest BCUT2D eigenvalue weighted by atomic mass is 35.5. The molecule has 1 N–H and O–H groups in total. The van der Waals surface area contributed by atoms with Crippen molar-refractivity contribution in [2.45, 2.75) is 44.6 Å². The molecule has 1 amide bonds.